The molecule has 0 bridgehead atoms. The van der Waals surface area contributed by atoms with Crippen molar-refractivity contribution in [2.24, 2.45) is 0 Å². The van der Waals surface area contributed by atoms with E-state index in [0.29, 0.717) is 5.82 Å². The summed E-state index contributed by atoms with van der Waals surface area (Å²) < 4.78 is 0. The molecular formula is C19H14Cl2N4S. The fourth-order valence-corrected chi connectivity index (χ4v) is 4.17. The molecule has 0 radical (unpaired) electrons. The highest BCUT2D eigenvalue weighted by molar-refractivity contribution is 7.19. The van der Waals surface area contributed by atoms with Gasteiger partial charge in [0, 0.05) is 20.5 Å². The molecule has 26 heavy (non-hydrogen) atoms. The normalized spacial score (nSPS) is 11.1. The SMILES string of the molecule is Cc1ccc(-c2cc(-c3nnn[nH]3)sc2-c2ccc(C)c(Cl)c2)cc1Cl. The second kappa shape index (κ2) is 6.83. The molecule has 0 aliphatic heterocycles. The number of aryl methyl sites for hydroxylation is 2. The Morgan fingerprint density at radius 2 is 1.54 bits per heavy atom. The number of tetrazole rings is 1. The lowest BCUT2D eigenvalue weighted by atomic mass is 10.0. The van der Waals surface area contributed by atoms with Crippen LogP contribution in [0.5, 0.6) is 0 Å². The van der Waals surface area contributed by atoms with Crippen LogP contribution in [0.1, 0.15) is 11.1 Å². The van der Waals surface area contributed by atoms with E-state index in [1.165, 1.54) is 0 Å². The molecule has 0 atom stereocenters. The maximum Gasteiger partial charge on any atom is 0.189 e. The van der Waals surface area contributed by atoms with Crippen LogP contribution in [-0.4, -0.2) is 20.6 Å². The number of halogens is 2. The zero-order valence-corrected chi connectivity index (χ0v) is 16.4. The van der Waals surface area contributed by atoms with Crippen molar-refractivity contribution in [2.75, 3.05) is 0 Å². The van der Waals surface area contributed by atoms with Gasteiger partial charge in [0.15, 0.2) is 5.82 Å². The molecule has 0 saturated heterocycles. The minimum Gasteiger partial charge on any atom is -0.238 e. The highest BCUT2D eigenvalue weighted by Gasteiger charge is 2.17. The van der Waals surface area contributed by atoms with Crippen LogP contribution in [-0.2, 0) is 0 Å². The minimum absolute atomic E-state index is 0.638. The molecule has 7 heteroatoms. The van der Waals surface area contributed by atoms with Crippen LogP contribution in [0.15, 0.2) is 42.5 Å². The van der Waals surface area contributed by atoms with Crippen LogP contribution in [0, 0.1) is 13.8 Å². The topological polar surface area (TPSA) is 54.5 Å². The number of thiophene rings is 1. The number of benzene rings is 2. The molecule has 0 aliphatic rings. The molecule has 2 aromatic heterocycles. The maximum absolute atomic E-state index is 6.36. The maximum atomic E-state index is 6.36. The lowest BCUT2D eigenvalue weighted by Crippen LogP contribution is -1.83. The molecule has 130 valence electrons. The summed E-state index contributed by atoms with van der Waals surface area (Å²) in [5.74, 6) is 0.638. The summed E-state index contributed by atoms with van der Waals surface area (Å²) in [5, 5.41) is 15.7. The van der Waals surface area contributed by atoms with Crippen LogP contribution >= 0.6 is 34.5 Å². The molecule has 0 unspecified atom stereocenters. The van der Waals surface area contributed by atoms with Crippen molar-refractivity contribution >= 4 is 34.5 Å². The summed E-state index contributed by atoms with van der Waals surface area (Å²) in [7, 11) is 0. The zero-order valence-electron chi connectivity index (χ0n) is 14.0. The van der Waals surface area contributed by atoms with Gasteiger partial charge >= 0.3 is 0 Å². The Bertz CT molecular complexity index is 1020. The first kappa shape index (κ1) is 17.2. The van der Waals surface area contributed by atoms with E-state index in [4.69, 9.17) is 23.2 Å². The minimum atomic E-state index is 0.638. The van der Waals surface area contributed by atoms with Gasteiger partial charge in [-0.1, -0.05) is 47.5 Å². The van der Waals surface area contributed by atoms with E-state index in [1.54, 1.807) is 11.3 Å². The van der Waals surface area contributed by atoms with Crippen molar-refractivity contribution in [1.29, 1.82) is 0 Å². The van der Waals surface area contributed by atoms with E-state index < -0.39 is 0 Å². The summed E-state index contributed by atoms with van der Waals surface area (Å²) in [6.07, 6.45) is 0. The second-order valence-electron chi connectivity index (χ2n) is 6.03. The van der Waals surface area contributed by atoms with E-state index >= 15 is 0 Å². The molecule has 2 aromatic carbocycles. The number of aromatic amines is 1. The van der Waals surface area contributed by atoms with Gasteiger partial charge in [-0.2, -0.15) is 0 Å². The fourth-order valence-electron chi connectivity index (χ4n) is 2.69. The first-order valence-corrected chi connectivity index (χ1v) is 9.51. The molecule has 0 amide bonds. The van der Waals surface area contributed by atoms with Crippen LogP contribution < -0.4 is 0 Å². The van der Waals surface area contributed by atoms with Crippen molar-refractivity contribution < 1.29 is 0 Å². The van der Waals surface area contributed by atoms with Crippen LogP contribution in [0.3, 0.4) is 0 Å². The van der Waals surface area contributed by atoms with Gasteiger partial charge in [-0.3, -0.25) is 0 Å². The predicted octanol–water partition coefficient (Wildman–Crippen LogP) is 6.19. The van der Waals surface area contributed by atoms with Crippen molar-refractivity contribution in [3.8, 4) is 32.3 Å². The average molecular weight is 401 g/mol. The molecule has 1 N–H and O–H groups in total. The predicted molar refractivity (Wildman–Crippen MR) is 108 cm³/mol. The molecule has 4 rings (SSSR count). The lowest BCUT2D eigenvalue weighted by Gasteiger charge is -2.08. The van der Waals surface area contributed by atoms with E-state index in [-0.39, 0.29) is 0 Å². The quantitative estimate of drug-likeness (QED) is 0.446. The standard InChI is InChI=1S/C19H14Cl2N4S/c1-10-3-5-12(7-15(10)20)14-9-17(19-22-24-25-23-19)26-18(14)13-6-4-11(2)16(21)8-13/h3-9H,1-2H3,(H,22,23,24,25). The van der Waals surface area contributed by atoms with Crippen LogP contribution in [0.4, 0.5) is 0 Å². The summed E-state index contributed by atoms with van der Waals surface area (Å²) in [4.78, 5) is 2.05. The smallest absolute Gasteiger partial charge is 0.189 e. The van der Waals surface area contributed by atoms with Crippen molar-refractivity contribution in [2.45, 2.75) is 13.8 Å². The van der Waals surface area contributed by atoms with Gasteiger partial charge in [0.1, 0.15) is 0 Å². The van der Waals surface area contributed by atoms with Gasteiger partial charge in [-0.05, 0) is 64.7 Å². The number of nitrogens with one attached hydrogen (secondary N) is 1. The molecule has 4 nitrogen and oxygen atoms in total. The molecule has 2 heterocycles. The molecule has 0 fully saturated rings. The first-order chi connectivity index (χ1) is 12.5. The third kappa shape index (κ3) is 3.14. The Hall–Kier alpha value is -2.21. The van der Waals surface area contributed by atoms with Crippen LogP contribution in [0.2, 0.25) is 10.0 Å². The second-order valence-corrected chi connectivity index (χ2v) is 7.90. The van der Waals surface area contributed by atoms with Gasteiger partial charge in [-0.15, -0.1) is 16.4 Å². The molecule has 0 aliphatic carbocycles. The number of nitrogens with zero attached hydrogens (tertiary/aromatic N) is 3. The van der Waals surface area contributed by atoms with E-state index in [9.17, 15) is 0 Å². The monoisotopic (exact) mass is 400 g/mol. The highest BCUT2D eigenvalue weighted by atomic mass is 35.5. The third-order valence-corrected chi connectivity index (χ3v) is 6.23. The molecule has 4 aromatic rings. The fraction of sp³-hybridized carbons (Fsp3) is 0.105. The molecule has 0 spiro atoms. The van der Waals surface area contributed by atoms with E-state index in [1.807, 2.05) is 38.1 Å². The van der Waals surface area contributed by atoms with Crippen molar-refractivity contribution in [3.63, 3.8) is 0 Å². The average Bonchev–Trinajstić information content (AvgIpc) is 3.29. The highest BCUT2D eigenvalue weighted by Crippen LogP contribution is 2.43. The van der Waals surface area contributed by atoms with E-state index in [0.717, 1.165) is 47.6 Å². The number of hydrogen-bond donors (Lipinski definition) is 1. The van der Waals surface area contributed by atoms with Crippen LogP contribution in [0.25, 0.3) is 32.3 Å². The molecule has 0 saturated carbocycles. The lowest BCUT2D eigenvalue weighted by molar-refractivity contribution is 0.881. The zero-order chi connectivity index (χ0) is 18.3. The Kier molecular flexibility index (Phi) is 4.53. The Morgan fingerprint density at radius 3 is 2.15 bits per heavy atom. The Labute approximate surface area is 164 Å². The third-order valence-electron chi connectivity index (χ3n) is 4.23. The number of H-pyrrole nitrogens is 1. The summed E-state index contributed by atoms with van der Waals surface area (Å²) in [6.45, 7) is 3.98. The van der Waals surface area contributed by atoms with Gasteiger partial charge in [-0.25, -0.2) is 5.10 Å². The summed E-state index contributed by atoms with van der Waals surface area (Å²) in [6, 6.07) is 14.3. The Morgan fingerprint density at radius 1 is 0.885 bits per heavy atom. The number of aromatic nitrogens is 4. The summed E-state index contributed by atoms with van der Waals surface area (Å²) >= 11 is 14.3. The first-order valence-electron chi connectivity index (χ1n) is 7.94. The summed E-state index contributed by atoms with van der Waals surface area (Å²) in [5.41, 5.74) is 5.26. The molecular weight excluding hydrogens is 387 g/mol. The number of rotatable bonds is 3. The Balaban J connectivity index is 1.93. The van der Waals surface area contributed by atoms with Gasteiger partial charge in [0.25, 0.3) is 0 Å². The van der Waals surface area contributed by atoms with Gasteiger partial charge in [0.2, 0.25) is 0 Å². The number of hydrogen-bond acceptors (Lipinski definition) is 4. The van der Waals surface area contributed by atoms with Gasteiger partial charge < -0.3 is 0 Å². The van der Waals surface area contributed by atoms with E-state index in [2.05, 4.69) is 38.8 Å². The van der Waals surface area contributed by atoms with Crippen molar-refractivity contribution in [1.82, 2.24) is 20.6 Å². The van der Waals surface area contributed by atoms with Crippen molar-refractivity contribution in [3.05, 3.63) is 63.6 Å². The van der Waals surface area contributed by atoms with Gasteiger partial charge in [0.05, 0.1) is 4.88 Å². The largest absolute Gasteiger partial charge is 0.238 e.